The van der Waals surface area contributed by atoms with E-state index in [2.05, 4.69) is 5.32 Å². The van der Waals surface area contributed by atoms with E-state index in [1.165, 1.54) is 0 Å². The SMILES string of the molecule is CCSC(C(=O)NCCC(C)(C)C(=O)O)C(C)C. The molecule has 106 valence electrons. The fourth-order valence-electron chi connectivity index (χ4n) is 1.46. The Morgan fingerprint density at radius 1 is 1.33 bits per heavy atom. The first-order valence-corrected chi connectivity index (χ1v) is 7.40. The van der Waals surface area contributed by atoms with Crippen molar-refractivity contribution in [2.75, 3.05) is 12.3 Å². The highest BCUT2D eigenvalue weighted by Gasteiger charge is 2.27. The summed E-state index contributed by atoms with van der Waals surface area (Å²) in [5, 5.41) is 11.8. The van der Waals surface area contributed by atoms with E-state index in [9.17, 15) is 9.59 Å². The Hall–Kier alpha value is -0.710. The lowest BCUT2D eigenvalue weighted by Crippen LogP contribution is -2.38. The van der Waals surface area contributed by atoms with Crippen molar-refractivity contribution in [1.29, 1.82) is 0 Å². The largest absolute Gasteiger partial charge is 0.481 e. The van der Waals surface area contributed by atoms with Gasteiger partial charge in [0.15, 0.2) is 0 Å². The van der Waals surface area contributed by atoms with Gasteiger partial charge >= 0.3 is 5.97 Å². The minimum absolute atomic E-state index is 0.0121. The highest BCUT2D eigenvalue weighted by molar-refractivity contribution is 8.00. The number of carbonyl (C=O) groups is 2. The number of carboxylic acids is 1. The van der Waals surface area contributed by atoms with E-state index < -0.39 is 11.4 Å². The summed E-state index contributed by atoms with van der Waals surface area (Å²) in [5.74, 6) is 0.359. The van der Waals surface area contributed by atoms with Crippen LogP contribution in [-0.4, -0.2) is 34.5 Å². The molecule has 0 aromatic heterocycles. The van der Waals surface area contributed by atoms with Crippen LogP contribution in [0.1, 0.15) is 41.0 Å². The van der Waals surface area contributed by atoms with Gasteiger partial charge in [-0.25, -0.2) is 0 Å². The van der Waals surface area contributed by atoms with Crippen LogP contribution < -0.4 is 5.32 Å². The normalized spacial score (nSPS) is 13.4. The Labute approximate surface area is 114 Å². The predicted octanol–water partition coefficient (Wildman–Crippen LogP) is 2.38. The van der Waals surface area contributed by atoms with Crippen LogP contribution in [0.3, 0.4) is 0 Å². The van der Waals surface area contributed by atoms with Gasteiger partial charge in [-0.2, -0.15) is 0 Å². The van der Waals surface area contributed by atoms with E-state index in [4.69, 9.17) is 5.11 Å². The van der Waals surface area contributed by atoms with Crippen LogP contribution in [0.5, 0.6) is 0 Å². The Morgan fingerprint density at radius 3 is 2.28 bits per heavy atom. The Morgan fingerprint density at radius 2 is 1.89 bits per heavy atom. The third kappa shape index (κ3) is 5.76. The summed E-state index contributed by atoms with van der Waals surface area (Å²) < 4.78 is 0. The Bertz CT molecular complexity index is 290. The van der Waals surface area contributed by atoms with Crippen LogP contribution in [0.15, 0.2) is 0 Å². The summed E-state index contributed by atoms with van der Waals surface area (Å²) in [4.78, 5) is 22.9. The Kier molecular flexibility index (Phi) is 7.36. The van der Waals surface area contributed by atoms with Crippen LogP contribution in [-0.2, 0) is 9.59 Å². The van der Waals surface area contributed by atoms with Gasteiger partial charge in [0.2, 0.25) is 5.91 Å². The molecule has 0 aliphatic heterocycles. The summed E-state index contributed by atoms with van der Waals surface area (Å²) >= 11 is 1.63. The fourth-order valence-corrected chi connectivity index (χ4v) is 2.43. The standard InChI is InChI=1S/C13H25NO3S/c1-6-18-10(9(2)3)11(15)14-8-7-13(4,5)12(16)17/h9-10H,6-8H2,1-5H3,(H,14,15)(H,16,17). The van der Waals surface area contributed by atoms with Crippen molar-refractivity contribution in [2.45, 2.75) is 46.3 Å². The van der Waals surface area contributed by atoms with Crippen molar-refractivity contribution < 1.29 is 14.7 Å². The highest BCUT2D eigenvalue weighted by atomic mass is 32.2. The number of hydrogen-bond acceptors (Lipinski definition) is 3. The molecule has 0 saturated heterocycles. The average Bonchev–Trinajstić information content (AvgIpc) is 2.24. The van der Waals surface area contributed by atoms with Gasteiger partial charge in [-0.05, 0) is 31.9 Å². The van der Waals surface area contributed by atoms with Crippen LogP contribution in [0, 0.1) is 11.3 Å². The Balaban J connectivity index is 4.21. The number of carboxylic acid groups (broad SMARTS) is 1. The molecule has 0 aromatic rings. The molecule has 0 saturated carbocycles. The summed E-state index contributed by atoms with van der Waals surface area (Å²) in [6, 6.07) is 0. The minimum atomic E-state index is -0.833. The summed E-state index contributed by atoms with van der Waals surface area (Å²) in [6.45, 7) is 9.82. The average molecular weight is 275 g/mol. The molecular formula is C13H25NO3S. The van der Waals surface area contributed by atoms with Gasteiger partial charge in [0.25, 0.3) is 0 Å². The third-order valence-electron chi connectivity index (χ3n) is 2.84. The molecule has 0 aliphatic carbocycles. The summed E-state index contributed by atoms with van der Waals surface area (Å²) in [5.41, 5.74) is -0.793. The summed E-state index contributed by atoms with van der Waals surface area (Å²) in [7, 11) is 0. The van der Waals surface area contributed by atoms with Crippen molar-refractivity contribution in [3.05, 3.63) is 0 Å². The van der Waals surface area contributed by atoms with Crippen LogP contribution in [0.4, 0.5) is 0 Å². The smallest absolute Gasteiger partial charge is 0.309 e. The van der Waals surface area contributed by atoms with Gasteiger partial charge in [-0.15, -0.1) is 11.8 Å². The maximum atomic E-state index is 12.0. The highest BCUT2D eigenvalue weighted by Crippen LogP contribution is 2.21. The number of rotatable bonds is 8. The van der Waals surface area contributed by atoms with Crippen LogP contribution >= 0.6 is 11.8 Å². The molecule has 0 rings (SSSR count). The molecule has 0 aliphatic rings. The molecule has 2 N–H and O–H groups in total. The minimum Gasteiger partial charge on any atom is -0.481 e. The second-order valence-corrected chi connectivity index (χ2v) is 6.77. The maximum absolute atomic E-state index is 12.0. The van der Waals surface area contributed by atoms with Crippen LogP contribution in [0.2, 0.25) is 0 Å². The zero-order valence-electron chi connectivity index (χ0n) is 11.9. The van der Waals surface area contributed by atoms with E-state index in [1.807, 2.05) is 20.8 Å². The molecule has 0 fully saturated rings. The number of aliphatic carboxylic acids is 1. The lowest BCUT2D eigenvalue weighted by atomic mass is 9.89. The molecule has 1 amide bonds. The molecule has 0 heterocycles. The zero-order chi connectivity index (χ0) is 14.3. The van der Waals surface area contributed by atoms with Gasteiger partial charge < -0.3 is 10.4 Å². The molecule has 0 radical (unpaired) electrons. The third-order valence-corrected chi connectivity index (χ3v) is 4.29. The van der Waals surface area contributed by atoms with E-state index in [0.29, 0.717) is 13.0 Å². The number of carbonyl (C=O) groups excluding carboxylic acids is 1. The molecule has 1 atom stereocenters. The first-order chi connectivity index (χ1) is 8.22. The second kappa shape index (κ2) is 7.67. The number of thioether (sulfide) groups is 1. The van der Waals surface area contributed by atoms with Gasteiger partial charge in [-0.1, -0.05) is 20.8 Å². The van der Waals surface area contributed by atoms with Crippen molar-refractivity contribution in [3.8, 4) is 0 Å². The van der Waals surface area contributed by atoms with E-state index in [-0.39, 0.29) is 17.1 Å². The quantitative estimate of drug-likeness (QED) is 0.714. The molecule has 1 unspecified atom stereocenters. The van der Waals surface area contributed by atoms with E-state index in [1.54, 1.807) is 25.6 Å². The topological polar surface area (TPSA) is 66.4 Å². The molecule has 4 nitrogen and oxygen atoms in total. The van der Waals surface area contributed by atoms with Crippen molar-refractivity contribution in [2.24, 2.45) is 11.3 Å². The van der Waals surface area contributed by atoms with E-state index in [0.717, 1.165) is 5.75 Å². The molecule has 18 heavy (non-hydrogen) atoms. The first-order valence-electron chi connectivity index (χ1n) is 6.35. The first kappa shape index (κ1) is 17.3. The predicted molar refractivity (Wildman–Crippen MR) is 75.8 cm³/mol. The fraction of sp³-hybridized carbons (Fsp3) is 0.846. The lowest BCUT2D eigenvalue weighted by Gasteiger charge is -2.22. The lowest BCUT2D eigenvalue weighted by molar-refractivity contribution is -0.147. The van der Waals surface area contributed by atoms with Gasteiger partial charge in [0.1, 0.15) is 0 Å². The van der Waals surface area contributed by atoms with Gasteiger partial charge in [-0.3, -0.25) is 9.59 Å². The molecular weight excluding hydrogens is 250 g/mol. The number of hydrogen-bond donors (Lipinski definition) is 2. The monoisotopic (exact) mass is 275 g/mol. The second-order valence-electron chi connectivity index (χ2n) is 5.35. The van der Waals surface area contributed by atoms with Gasteiger partial charge in [0, 0.05) is 6.54 Å². The van der Waals surface area contributed by atoms with Gasteiger partial charge in [0.05, 0.1) is 10.7 Å². The number of amides is 1. The molecule has 0 aromatic carbocycles. The van der Waals surface area contributed by atoms with E-state index >= 15 is 0 Å². The van der Waals surface area contributed by atoms with Crippen molar-refractivity contribution in [3.63, 3.8) is 0 Å². The number of nitrogens with one attached hydrogen (secondary N) is 1. The maximum Gasteiger partial charge on any atom is 0.309 e. The molecule has 0 bridgehead atoms. The van der Waals surface area contributed by atoms with Crippen LogP contribution in [0.25, 0.3) is 0 Å². The molecule has 5 heteroatoms. The zero-order valence-corrected chi connectivity index (χ0v) is 12.8. The van der Waals surface area contributed by atoms with Crippen molar-refractivity contribution >= 4 is 23.6 Å². The van der Waals surface area contributed by atoms with Crippen molar-refractivity contribution in [1.82, 2.24) is 5.32 Å². The molecule has 0 spiro atoms. The summed E-state index contributed by atoms with van der Waals surface area (Å²) in [6.07, 6.45) is 0.440.